The molecule has 0 radical (unpaired) electrons. The van der Waals surface area contributed by atoms with Crippen molar-refractivity contribution in [2.45, 2.75) is 19.2 Å². The third kappa shape index (κ3) is 4.07. The van der Waals surface area contributed by atoms with Crippen LogP contribution in [-0.2, 0) is 15.7 Å². The number of nitrogens with one attached hydrogen (secondary N) is 1. The summed E-state index contributed by atoms with van der Waals surface area (Å²) in [6, 6.07) is 4.31. The van der Waals surface area contributed by atoms with Gasteiger partial charge in [-0.2, -0.15) is 13.2 Å². The molecule has 0 saturated heterocycles. The predicted octanol–water partition coefficient (Wildman–Crippen LogP) is 4.86. The number of halogens is 3. The number of rotatable bonds is 4. The van der Waals surface area contributed by atoms with Gasteiger partial charge in [-0.25, -0.2) is 0 Å². The zero-order valence-corrected chi connectivity index (χ0v) is 14.0. The lowest BCUT2D eigenvalue weighted by molar-refractivity contribution is -0.137. The van der Waals surface area contributed by atoms with E-state index in [0.717, 1.165) is 12.1 Å². The van der Waals surface area contributed by atoms with Gasteiger partial charge in [0, 0.05) is 17.5 Å². The molecule has 0 fully saturated rings. The Hall–Kier alpha value is -2.76. The lowest BCUT2D eigenvalue weighted by atomic mass is 9.84. The maximum atomic E-state index is 12.6. The van der Waals surface area contributed by atoms with Gasteiger partial charge >= 0.3 is 6.18 Å². The van der Waals surface area contributed by atoms with Crippen molar-refractivity contribution in [3.8, 4) is 0 Å². The number of amides is 1. The Morgan fingerprint density at radius 1 is 1.08 bits per heavy atom. The predicted molar refractivity (Wildman–Crippen MR) is 93.1 cm³/mol. The maximum Gasteiger partial charge on any atom is 0.416 e. The van der Waals surface area contributed by atoms with Crippen molar-refractivity contribution in [1.82, 2.24) is 0 Å². The average molecular weight is 361 g/mol. The number of fused-ring (bicyclic) bond motifs is 1. The van der Waals surface area contributed by atoms with E-state index in [1.54, 1.807) is 6.92 Å². The molecule has 2 aliphatic carbocycles. The van der Waals surface area contributed by atoms with Crippen molar-refractivity contribution in [3.63, 3.8) is 0 Å². The highest BCUT2D eigenvalue weighted by Gasteiger charge is 2.30. The molecule has 1 aromatic carbocycles. The number of carbonyl (C=O) groups excluding carboxylic acids is 1. The van der Waals surface area contributed by atoms with Crippen LogP contribution < -0.4 is 5.32 Å². The van der Waals surface area contributed by atoms with Crippen LogP contribution in [0.4, 0.5) is 18.9 Å². The standard InChI is InChI=1S/C20H18F3NO2/c1-13(26-18-8-4-6-14-5-2-3-7-17(14)18)19(25)24-16-11-9-15(10-12-16)20(21,22)23/h2-14,17H,1H3,(H,24,25). The van der Waals surface area contributed by atoms with Gasteiger partial charge in [-0.3, -0.25) is 4.79 Å². The summed E-state index contributed by atoms with van der Waals surface area (Å²) in [5.74, 6) is 0.511. The molecule has 3 atom stereocenters. The minimum atomic E-state index is -4.40. The van der Waals surface area contributed by atoms with Crippen LogP contribution in [0.3, 0.4) is 0 Å². The zero-order valence-electron chi connectivity index (χ0n) is 14.0. The van der Waals surface area contributed by atoms with Crippen LogP contribution in [0, 0.1) is 11.8 Å². The molecule has 2 aliphatic rings. The van der Waals surface area contributed by atoms with Crippen molar-refractivity contribution >= 4 is 11.6 Å². The van der Waals surface area contributed by atoms with Crippen LogP contribution in [0.2, 0.25) is 0 Å². The van der Waals surface area contributed by atoms with Crippen molar-refractivity contribution in [1.29, 1.82) is 0 Å². The normalized spacial score (nSPS) is 22.4. The van der Waals surface area contributed by atoms with E-state index in [9.17, 15) is 18.0 Å². The summed E-state index contributed by atoms with van der Waals surface area (Å²) in [6.45, 7) is 1.61. The minimum absolute atomic E-state index is 0.0475. The third-order valence-corrected chi connectivity index (χ3v) is 4.26. The first-order valence-corrected chi connectivity index (χ1v) is 8.23. The summed E-state index contributed by atoms with van der Waals surface area (Å²) in [7, 11) is 0. The number of allylic oxidation sites excluding steroid dienone is 7. The van der Waals surface area contributed by atoms with Crippen molar-refractivity contribution in [2.75, 3.05) is 5.32 Å². The van der Waals surface area contributed by atoms with E-state index in [-0.39, 0.29) is 17.5 Å². The van der Waals surface area contributed by atoms with Gasteiger partial charge in [0.1, 0.15) is 5.76 Å². The number of anilines is 1. The Kier molecular flexibility index (Phi) is 5.02. The summed E-state index contributed by atoms with van der Waals surface area (Å²) in [4.78, 5) is 12.3. The number of alkyl halides is 3. The van der Waals surface area contributed by atoms with Gasteiger partial charge in [-0.05, 0) is 37.3 Å². The van der Waals surface area contributed by atoms with Crippen LogP contribution in [0.25, 0.3) is 0 Å². The molecule has 0 spiro atoms. The molecule has 1 N–H and O–H groups in total. The molecule has 3 unspecified atom stereocenters. The van der Waals surface area contributed by atoms with E-state index in [2.05, 4.69) is 17.5 Å². The molecule has 1 aromatic rings. The molecule has 3 rings (SSSR count). The molecular weight excluding hydrogens is 343 g/mol. The quantitative estimate of drug-likeness (QED) is 0.832. The van der Waals surface area contributed by atoms with Crippen molar-refractivity contribution in [2.24, 2.45) is 11.8 Å². The SMILES string of the molecule is CC(OC1=CC=CC2C=CC=CC12)C(=O)Nc1ccc(C(F)(F)F)cc1. The van der Waals surface area contributed by atoms with Gasteiger partial charge in [-0.15, -0.1) is 0 Å². The Labute approximate surface area is 149 Å². The molecular formula is C20H18F3NO2. The molecule has 6 heteroatoms. The van der Waals surface area contributed by atoms with Crippen LogP contribution >= 0.6 is 0 Å². The molecule has 0 saturated carbocycles. The fourth-order valence-corrected chi connectivity index (χ4v) is 2.84. The van der Waals surface area contributed by atoms with Crippen LogP contribution in [0.1, 0.15) is 12.5 Å². The molecule has 0 heterocycles. The Morgan fingerprint density at radius 3 is 2.42 bits per heavy atom. The Balaban J connectivity index is 1.61. The van der Waals surface area contributed by atoms with E-state index >= 15 is 0 Å². The molecule has 0 aliphatic heterocycles. The van der Waals surface area contributed by atoms with Crippen LogP contribution in [-0.4, -0.2) is 12.0 Å². The van der Waals surface area contributed by atoms with Gasteiger partial charge in [0.2, 0.25) is 0 Å². The smallest absolute Gasteiger partial charge is 0.416 e. The second-order valence-corrected chi connectivity index (χ2v) is 6.15. The van der Waals surface area contributed by atoms with Gasteiger partial charge in [0.05, 0.1) is 5.56 Å². The fraction of sp³-hybridized carbons (Fsp3) is 0.250. The summed E-state index contributed by atoms with van der Waals surface area (Å²) in [5.41, 5.74) is -0.475. The highest BCUT2D eigenvalue weighted by atomic mass is 19.4. The van der Waals surface area contributed by atoms with Gasteiger partial charge in [0.15, 0.2) is 6.10 Å². The van der Waals surface area contributed by atoms with Crippen molar-refractivity contribution < 1.29 is 22.7 Å². The number of hydrogen-bond acceptors (Lipinski definition) is 2. The summed E-state index contributed by atoms with van der Waals surface area (Å²) < 4.78 is 43.5. The molecule has 3 nitrogen and oxygen atoms in total. The Bertz CT molecular complexity index is 788. The Morgan fingerprint density at radius 2 is 1.73 bits per heavy atom. The third-order valence-electron chi connectivity index (χ3n) is 4.26. The number of carbonyl (C=O) groups is 1. The molecule has 0 bridgehead atoms. The number of hydrogen-bond donors (Lipinski definition) is 1. The summed E-state index contributed by atoms with van der Waals surface area (Å²) >= 11 is 0. The average Bonchev–Trinajstić information content (AvgIpc) is 2.61. The van der Waals surface area contributed by atoms with Crippen LogP contribution in [0.15, 0.2) is 72.6 Å². The highest BCUT2D eigenvalue weighted by molar-refractivity contribution is 5.94. The lowest BCUT2D eigenvalue weighted by Crippen LogP contribution is -2.30. The number of benzene rings is 1. The maximum absolute atomic E-state index is 12.6. The summed E-state index contributed by atoms with van der Waals surface area (Å²) in [6.07, 6.45) is 8.57. The minimum Gasteiger partial charge on any atom is -0.485 e. The van der Waals surface area contributed by atoms with Gasteiger partial charge in [-0.1, -0.05) is 36.5 Å². The molecule has 26 heavy (non-hydrogen) atoms. The molecule has 1 amide bonds. The first-order chi connectivity index (χ1) is 12.3. The second-order valence-electron chi connectivity index (χ2n) is 6.15. The van der Waals surface area contributed by atoms with E-state index in [1.807, 2.05) is 30.4 Å². The zero-order chi connectivity index (χ0) is 18.7. The van der Waals surface area contributed by atoms with Gasteiger partial charge in [0.25, 0.3) is 5.91 Å². The van der Waals surface area contributed by atoms with Crippen LogP contribution in [0.5, 0.6) is 0 Å². The molecule has 136 valence electrons. The monoisotopic (exact) mass is 361 g/mol. The van der Waals surface area contributed by atoms with E-state index in [0.29, 0.717) is 5.76 Å². The lowest BCUT2D eigenvalue weighted by Gasteiger charge is -2.28. The topological polar surface area (TPSA) is 38.3 Å². The van der Waals surface area contributed by atoms with Crippen molar-refractivity contribution in [3.05, 3.63) is 78.1 Å². The van der Waals surface area contributed by atoms with E-state index in [4.69, 9.17) is 4.74 Å². The molecule has 0 aromatic heterocycles. The number of ether oxygens (including phenoxy) is 1. The van der Waals surface area contributed by atoms with Gasteiger partial charge < -0.3 is 10.1 Å². The largest absolute Gasteiger partial charge is 0.485 e. The fourth-order valence-electron chi connectivity index (χ4n) is 2.84. The second kappa shape index (κ2) is 7.23. The highest BCUT2D eigenvalue weighted by Crippen LogP contribution is 2.33. The van der Waals surface area contributed by atoms with E-state index in [1.165, 1.54) is 12.1 Å². The van der Waals surface area contributed by atoms with E-state index < -0.39 is 23.8 Å². The summed E-state index contributed by atoms with van der Waals surface area (Å²) in [5, 5.41) is 2.57. The first kappa shape index (κ1) is 18.0. The first-order valence-electron chi connectivity index (χ1n) is 8.23.